The number of halogens is 3. The molecule has 0 atom stereocenters. The van der Waals surface area contributed by atoms with Crippen molar-refractivity contribution in [2.75, 3.05) is 11.4 Å². The van der Waals surface area contributed by atoms with Crippen molar-refractivity contribution < 1.29 is 27.9 Å². The summed E-state index contributed by atoms with van der Waals surface area (Å²) in [6.45, 7) is -0.129. The van der Waals surface area contributed by atoms with E-state index < -0.39 is 18.1 Å². The summed E-state index contributed by atoms with van der Waals surface area (Å²) in [5.74, 6) is -3.37. The molecule has 1 aliphatic heterocycles. The summed E-state index contributed by atoms with van der Waals surface area (Å²) in [5, 5.41) is 9.02. The zero-order valence-electron chi connectivity index (χ0n) is 9.70. The van der Waals surface area contributed by atoms with Crippen LogP contribution in [-0.4, -0.2) is 29.7 Å². The van der Waals surface area contributed by atoms with Crippen LogP contribution in [0.5, 0.6) is 0 Å². The van der Waals surface area contributed by atoms with Crippen molar-refractivity contribution in [3.8, 4) is 0 Å². The quantitative estimate of drug-likeness (QED) is 0.853. The topological polar surface area (TPSA) is 57.6 Å². The highest BCUT2D eigenvalue weighted by Gasteiger charge is 2.44. The van der Waals surface area contributed by atoms with Gasteiger partial charge in [-0.1, -0.05) is 12.1 Å². The molecule has 2 rings (SSSR count). The number of carboxylic acid groups (broad SMARTS) is 1. The maximum Gasteiger partial charge on any atom is 0.471 e. The molecule has 0 unspecified atom stereocenters. The number of benzene rings is 1. The van der Waals surface area contributed by atoms with Gasteiger partial charge in [0.2, 0.25) is 0 Å². The first-order valence-corrected chi connectivity index (χ1v) is 5.56. The molecule has 7 heteroatoms. The van der Waals surface area contributed by atoms with Crippen molar-refractivity contribution >= 4 is 17.6 Å². The molecule has 0 saturated carbocycles. The molecule has 19 heavy (non-hydrogen) atoms. The molecule has 1 aromatic rings. The third-order valence-electron chi connectivity index (χ3n) is 2.94. The lowest BCUT2D eigenvalue weighted by molar-refractivity contribution is -0.170. The lowest BCUT2D eigenvalue weighted by Crippen LogP contribution is -2.44. The summed E-state index contributed by atoms with van der Waals surface area (Å²) in [6.07, 6.45) is -4.18. The van der Waals surface area contributed by atoms with E-state index in [-0.39, 0.29) is 17.8 Å². The normalized spacial score (nSPS) is 15.0. The number of amides is 1. The van der Waals surface area contributed by atoms with Crippen molar-refractivity contribution in [3.63, 3.8) is 0 Å². The summed E-state index contributed by atoms with van der Waals surface area (Å²) in [4.78, 5) is 23.0. The summed E-state index contributed by atoms with van der Waals surface area (Å²) in [5.41, 5.74) is 0.0297. The number of carboxylic acids is 1. The van der Waals surface area contributed by atoms with Crippen LogP contribution in [0.3, 0.4) is 0 Å². The SMILES string of the molecule is O=C(O)c1cccc2c1N(C(=O)C(F)(F)F)CCC2. The molecule has 4 nitrogen and oxygen atoms in total. The van der Waals surface area contributed by atoms with Crippen LogP contribution in [0.4, 0.5) is 18.9 Å². The molecule has 0 bridgehead atoms. The number of fused-ring (bicyclic) bond motifs is 1. The second-order valence-electron chi connectivity index (χ2n) is 4.18. The Balaban J connectivity index is 2.55. The molecule has 102 valence electrons. The van der Waals surface area contributed by atoms with Gasteiger partial charge in [-0.25, -0.2) is 4.79 Å². The lowest BCUT2D eigenvalue weighted by Gasteiger charge is -2.31. The van der Waals surface area contributed by atoms with Crippen molar-refractivity contribution in [1.29, 1.82) is 0 Å². The fraction of sp³-hybridized carbons (Fsp3) is 0.333. The Morgan fingerprint density at radius 2 is 1.95 bits per heavy atom. The van der Waals surface area contributed by atoms with E-state index in [2.05, 4.69) is 0 Å². The number of rotatable bonds is 1. The van der Waals surface area contributed by atoms with E-state index in [0.29, 0.717) is 23.3 Å². The van der Waals surface area contributed by atoms with E-state index >= 15 is 0 Å². The molecule has 1 aliphatic rings. The van der Waals surface area contributed by atoms with Gasteiger partial charge >= 0.3 is 18.1 Å². The van der Waals surface area contributed by atoms with Crippen LogP contribution in [0.15, 0.2) is 18.2 Å². The van der Waals surface area contributed by atoms with Crippen molar-refractivity contribution in [2.24, 2.45) is 0 Å². The predicted molar refractivity (Wildman–Crippen MR) is 60.1 cm³/mol. The van der Waals surface area contributed by atoms with Gasteiger partial charge in [-0.05, 0) is 24.5 Å². The Labute approximate surface area is 106 Å². The third kappa shape index (κ3) is 2.40. The van der Waals surface area contributed by atoms with E-state index in [1.807, 2.05) is 0 Å². The van der Waals surface area contributed by atoms with E-state index in [1.54, 1.807) is 0 Å². The zero-order valence-corrected chi connectivity index (χ0v) is 9.70. The zero-order chi connectivity index (χ0) is 14.2. The van der Waals surface area contributed by atoms with Gasteiger partial charge in [0, 0.05) is 6.54 Å². The number of carbonyl (C=O) groups is 2. The third-order valence-corrected chi connectivity index (χ3v) is 2.94. The summed E-state index contributed by atoms with van der Waals surface area (Å²) >= 11 is 0. The van der Waals surface area contributed by atoms with Gasteiger partial charge < -0.3 is 10.0 Å². The van der Waals surface area contributed by atoms with Gasteiger partial charge in [0.1, 0.15) is 0 Å². The molecule has 1 N–H and O–H groups in total. The first-order chi connectivity index (χ1) is 8.82. The molecule has 1 amide bonds. The molecule has 0 aliphatic carbocycles. The monoisotopic (exact) mass is 273 g/mol. The average molecular weight is 273 g/mol. The molecule has 1 heterocycles. The molecule has 0 radical (unpaired) electrons. The number of carbonyl (C=O) groups excluding carboxylic acids is 1. The van der Waals surface area contributed by atoms with E-state index in [1.165, 1.54) is 18.2 Å². The van der Waals surface area contributed by atoms with Crippen LogP contribution < -0.4 is 4.90 Å². The second kappa shape index (κ2) is 4.56. The molecular weight excluding hydrogens is 263 g/mol. The first kappa shape index (κ1) is 13.4. The van der Waals surface area contributed by atoms with Gasteiger partial charge in [-0.3, -0.25) is 4.79 Å². The van der Waals surface area contributed by atoms with Gasteiger partial charge in [0.15, 0.2) is 0 Å². The van der Waals surface area contributed by atoms with Crippen molar-refractivity contribution in [2.45, 2.75) is 19.0 Å². The van der Waals surface area contributed by atoms with Gasteiger partial charge in [-0.2, -0.15) is 13.2 Å². The number of aromatic carboxylic acids is 1. The van der Waals surface area contributed by atoms with Crippen LogP contribution in [0.1, 0.15) is 22.3 Å². The van der Waals surface area contributed by atoms with Gasteiger partial charge in [-0.15, -0.1) is 0 Å². The number of hydrogen-bond donors (Lipinski definition) is 1. The minimum atomic E-state index is -5.01. The number of nitrogens with zero attached hydrogens (tertiary/aromatic N) is 1. The van der Waals surface area contributed by atoms with Crippen LogP contribution in [0.2, 0.25) is 0 Å². The van der Waals surface area contributed by atoms with Crippen LogP contribution in [-0.2, 0) is 11.2 Å². The fourth-order valence-corrected chi connectivity index (χ4v) is 2.18. The minimum Gasteiger partial charge on any atom is -0.478 e. The highest BCUT2D eigenvalue weighted by molar-refractivity contribution is 6.05. The Hall–Kier alpha value is -2.05. The molecule has 0 saturated heterocycles. The average Bonchev–Trinajstić information content (AvgIpc) is 2.35. The largest absolute Gasteiger partial charge is 0.478 e. The summed E-state index contributed by atoms with van der Waals surface area (Å²) in [6, 6.07) is 4.20. The Morgan fingerprint density at radius 1 is 1.26 bits per heavy atom. The van der Waals surface area contributed by atoms with Crippen LogP contribution in [0, 0.1) is 0 Å². The van der Waals surface area contributed by atoms with Gasteiger partial charge in [0.25, 0.3) is 0 Å². The predicted octanol–water partition coefficient (Wildman–Crippen LogP) is 2.23. The smallest absolute Gasteiger partial charge is 0.471 e. The maximum absolute atomic E-state index is 12.5. The minimum absolute atomic E-state index is 0.129. The van der Waals surface area contributed by atoms with E-state index in [0.717, 1.165) is 0 Å². The molecule has 0 spiro atoms. The Bertz CT molecular complexity index is 540. The Kier molecular flexibility index (Phi) is 3.21. The lowest BCUT2D eigenvalue weighted by atomic mass is 9.97. The van der Waals surface area contributed by atoms with Crippen molar-refractivity contribution in [1.82, 2.24) is 0 Å². The number of hydrogen-bond acceptors (Lipinski definition) is 2. The Morgan fingerprint density at radius 3 is 2.53 bits per heavy atom. The number of anilines is 1. The van der Waals surface area contributed by atoms with Crippen LogP contribution >= 0.6 is 0 Å². The molecule has 0 fully saturated rings. The maximum atomic E-state index is 12.5. The van der Waals surface area contributed by atoms with Crippen LogP contribution in [0.25, 0.3) is 0 Å². The molecule has 1 aromatic carbocycles. The summed E-state index contributed by atoms with van der Waals surface area (Å²) in [7, 11) is 0. The van der Waals surface area contributed by atoms with Crippen molar-refractivity contribution in [3.05, 3.63) is 29.3 Å². The molecular formula is C12H10F3NO3. The number of aryl methyl sites for hydroxylation is 1. The first-order valence-electron chi connectivity index (χ1n) is 5.56. The van der Waals surface area contributed by atoms with E-state index in [9.17, 15) is 22.8 Å². The fourth-order valence-electron chi connectivity index (χ4n) is 2.18. The standard InChI is InChI=1S/C12H10F3NO3/c13-12(14,15)11(19)16-6-2-4-7-3-1-5-8(9(7)16)10(17)18/h1,3,5H,2,4,6H2,(H,17,18). The van der Waals surface area contributed by atoms with Gasteiger partial charge in [0.05, 0.1) is 11.3 Å². The molecule has 0 aromatic heterocycles. The second-order valence-corrected chi connectivity index (χ2v) is 4.18. The highest BCUT2D eigenvalue weighted by atomic mass is 19.4. The number of alkyl halides is 3. The highest BCUT2D eigenvalue weighted by Crippen LogP contribution is 2.34. The van der Waals surface area contributed by atoms with E-state index in [4.69, 9.17) is 5.11 Å². The summed E-state index contributed by atoms with van der Waals surface area (Å²) < 4.78 is 37.6. The number of para-hydroxylation sites is 1.